The molecule has 19 heavy (non-hydrogen) atoms. The normalized spacial score (nSPS) is 13.1. The van der Waals surface area contributed by atoms with Crippen LogP contribution in [0, 0.1) is 0 Å². The highest BCUT2D eigenvalue weighted by Crippen LogP contribution is 2.37. The number of amides is 1. The third kappa shape index (κ3) is 2.20. The van der Waals surface area contributed by atoms with Crippen LogP contribution in [-0.4, -0.2) is 19.1 Å². The van der Waals surface area contributed by atoms with Crippen LogP contribution < -0.4 is 20.5 Å². The van der Waals surface area contributed by atoms with Gasteiger partial charge in [0, 0.05) is 12.1 Å². The molecule has 1 amide bonds. The smallest absolute Gasteiger partial charge is 0.291 e. The molecule has 0 bridgehead atoms. The van der Waals surface area contributed by atoms with Crippen LogP contribution in [0.4, 0.5) is 11.4 Å². The van der Waals surface area contributed by atoms with Crippen LogP contribution in [0.25, 0.3) is 0 Å². The van der Waals surface area contributed by atoms with Gasteiger partial charge in [-0.3, -0.25) is 4.79 Å². The van der Waals surface area contributed by atoms with Crippen LogP contribution >= 0.6 is 0 Å². The van der Waals surface area contributed by atoms with Gasteiger partial charge in [-0.1, -0.05) is 0 Å². The first kappa shape index (κ1) is 11.5. The van der Waals surface area contributed by atoms with Gasteiger partial charge in [-0.15, -0.1) is 0 Å². The Morgan fingerprint density at radius 1 is 1.21 bits per heavy atom. The lowest BCUT2D eigenvalue weighted by Gasteiger charge is -2.20. The number of benzene rings is 1. The van der Waals surface area contributed by atoms with Crippen LogP contribution in [0.1, 0.15) is 10.6 Å². The molecule has 0 saturated carbocycles. The van der Waals surface area contributed by atoms with Crippen molar-refractivity contribution >= 4 is 17.3 Å². The fourth-order valence-corrected chi connectivity index (χ4v) is 1.80. The number of rotatable bonds is 2. The summed E-state index contributed by atoms with van der Waals surface area (Å²) in [4.78, 5) is 11.9. The van der Waals surface area contributed by atoms with Gasteiger partial charge >= 0.3 is 0 Å². The molecule has 0 spiro atoms. The molecule has 2 heterocycles. The number of nitrogens with two attached hydrogens (primary N) is 1. The van der Waals surface area contributed by atoms with E-state index in [1.54, 1.807) is 24.3 Å². The molecular formula is C13H12N2O4. The largest absolute Gasteiger partial charge is 0.486 e. The first-order chi connectivity index (χ1) is 9.24. The number of nitrogen functional groups attached to an aromatic ring is 1. The third-order valence-electron chi connectivity index (χ3n) is 2.71. The molecule has 2 aromatic rings. The Labute approximate surface area is 109 Å². The first-order valence-corrected chi connectivity index (χ1v) is 5.78. The van der Waals surface area contributed by atoms with Crippen LogP contribution in [0.3, 0.4) is 0 Å². The average molecular weight is 260 g/mol. The highest BCUT2D eigenvalue weighted by Gasteiger charge is 2.17. The number of fused-ring (bicyclic) bond motifs is 1. The van der Waals surface area contributed by atoms with Crippen LogP contribution in [-0.2, 0) is 0 Å². The number of hydrogen-bond acceptors (Lipinski definition) is 5. The van der Waals surface area contributed by atoms with E-state index in [1.165, 1.54) is 6.26 Å². The van der Waals surface area contributed by atoms with Gasteiger partial charge in [0.05, 0.1) is 17.6 Å². The second-order valence-electron chi connectivity index (χ2n) is 4.01. The summed E-state index contributed by atoms with van der Waals surface area (Å²) in [5.74, 6) is 0.998. The van der Waals surface area contributed by atoms with Crippen molar-refractivity contribution in [3.8, 4) is 11.5 Å². The van der Waals surface area contributed by atoms with E-state index < -0.39 is 0 Å². The molecule has 98 valence electrons. The zero-order chi connectivity index (χ0) is 13.2. The molecule has 0 radical (unpaired) electrons. The maximum atomic E-state index is 11.9. The summed E-state index contributed by atoms with van der Waals surface area (Å²) in [5.41, 5.74) is 6.74. The van der Waals surface area contributed by atoms with Crippen molar-refractivity contribution in [3.63, 3.8) is 0 Å². The van der Waals surface area contributed by atoms with E-state index in [4.69, 9.17) is 19.6 Å². The topological polar surface area (TPSA) is 86.7 Å². The molecule has 0 aliphatic carbocycles. The predicted molar refractivity (Wildman–Crippen MR) is 68.5 cm³/mol. The maximum absolute atomic E-state index is 11.9. The monoisotopic (exact) mass is 260 g/mol. The summed E-state index contributed by atoms with van der Waals surface area (Å²) in [6.45, 7) is 0.965. The maximum Gasteiger partial charge on any atom is 0.291 e. The number of nitrogens with one attached hydrogen (secondary N) is 1. The van der Waals surface area contributed by atoms with E-state index in [-0.39, 0.29) is 11.7 Å². The van der Waals surface area contributed by atoms with Crippen LogP contribution in [0.5, 0.6) is 11.5 Å². The average Bonchev–Trinajstić information content (AvgIpc) is 2.93. The van der Waals surface area contributed by atoms with Crippen LogP contribution in [0.15, 0.2) is 34.9 Å². The van der Waals surface area contributed by atoms with E-state index in [0.717, 1.165) is 0 Å². The zero-order valence-electron chi connectivity index (χ0n) is 10.0. The molecule has 0 atom stereocenters. The molecule has 3 rings (SSSR count). The Kier molecular flexibility index (Phi) is 2.75. The fourth-order valence-electron chi connectivity index (χ4n) is 1.80. The van der Waals surface area contributed by atoms with Crippen molar-refractivity contribution in [2.75, 3.05) is 24.3 Å². The van der Waals surface area contributed by atoms with Crippen molar-refractivity contribution in [2.24, 2.45) is 0 Å². The highest BCUT2D eigenvalue weighted by molar-refractivity contribution is 6.04. The molecular weight excluding hydrogens is 248 g/mol. The summed E-state index contributed by atoms with van der Waals surface area (Å²) in [7, 11) is 0. The summed E-state index contributed by atoms with van der Waals surface area (Å²) in [5, 5.41) is 2.67. The van der Waals surface area contributed by atoms with Crippen molar-refractivity contribution in [2.45, 2.75) is 0 Å². The zero-order valence-corrected chi connectivity index (χ0v) is 10.0. The Bertz CT molecular complexity index is 607. The molecule has 6 heteroatoms. The van der Waals surface area contributed by atoms with Gasteiger partial charge in [-0.05, 0) is 12.1 Å². The predicted octanol–water partition coefficient (Wildman–Crippen LogP) is 1.89. The number of hydrogen-bond donors (Lipinski definition) is 2. The molecule has 6 nitrogen and oxygen atoms in total. The van der Waals surface area contributed by atoms with Crippen molar-refractivity contribution in [1.82, 2.24) is 0 Å². The van der Waals surface area contributed by atoms with Gasteiger partial charge in [0.1, 0.15) is 13.2 Å². The van der Waals surface area contributed by atoms with Gasteiger partial charge in [0.15, 0.2) is 17.3 Å². The molecule has 0 saturated heterocycles. The van der Waals surface area contributed by atoms with E-state index in [9.17, 15) is 4.79 Å². The Morgan fingerprint density at radius 2 is 1.95 bits per heavy atom. The van der Waals surface area contributed by atoms with E-state index in [2.05, 4.69) is 5.32 Å². The minimum absolute atomic E-state index is 0.217. The summed E-state index contributed by atoms with van der Waals surface area (Å²) in [6.07, 6.45) is 1.43. The Hall–Kier alpha value is -2.63. The fraction of sp³-hybridized carbons (Fsp3) is 0.154. The standard InChI is InChI=1S/C13H12N2O4/c14-8-6-11-12(19-5-4-18-11)7-9(8)15-13(16)10-2-1-3-17-10/h1-3,6-7H,4-5,14H2,(H,15,16). The molecule has 0 fully saturated rings. The molecule has 1 aromatic heterocycles. The molecule has 1 aliphatic rings. The summed E-state index contributed by atoms with van der Waals surface area (Å²) < 4.78 is 15.8. The second kappa shape index (κ2) is 4.56. The Morgan fingerprint density at radius 3 is 2.63 bits per heavy atom. The minimum Gasteiger partial charge on any atom is -0.486 e. The number of anilines is 2. The number of carbonyl (C=O) groups is 1. The Balaban J connectivity index is 1.87. The van der Waals surface area contributed by atoms with Crippen LogP contribution in [0.2, 0.25) is 0 Å². The van der Waals surface area contributed by atoms with Gasteiger partial charge in [-0.2, -0.15) is 0 Å². The van der Waals surface area contributed by atoms with E-state index in [1.807, 2.05) is 0 Å². The minimum atomic E-state index is -0.367. The molecule has 3 N–H and O–H groups in total. The third-order valence-corrected chi connectivity index (χ3v) is 2.71. The summed E-state index contributed by atoms with van der Waals surface area (Å²) >= 11 is 0. The van der Waals surface area contributed by atoms with E-state index in [0.29, 0.717) is 36.1 Å². The lowest BCUT2D eigenvalue weighted by Crippen LogP contribution is -2.17. The lowest BCUT2D eigenvalue weighted by atomic mass is 10.2. The molecule has 1 aromatic carbocycles. The van der Waals surface area contributed by atoms with Gasteiger partial charge < -0.3 is 24.9 Å². The van der Waals surface area contributed by atoms with Crippen molar-refractivity contribution < 1.29 is 18.7 Å². The lowest BCUT2D eigenvalue weighted by molar-refractivity contribution is 0.0996. The SMILES string of the molecule is Nc1cc2c(cc1NC(=O)c1ccco1)OCCO2. The molecule has 1 aliphatic heterocycles. The number of furan rings is 1. The van der Waals surface area contributed by atoms with Gasteiger partial charge in [0.25, 0.3) is 5.91 Å². The second-order valence-corrected chi connectivity index (χ2v) is 4.01. The number of ether oxygens (including phenoxy) is 2. The quantitative estimate of drug-likeness (QED) is 0.805. The number of carbonyl (C=O) groups excluding carboxylic acids is 1. The first-order valence-electron chi connectivity index (χ1n) is 5.78. The summed E-state index contributed by atoms with van der Waals surface area (Å²) in [6, 6.07) is 6.49. The molecule has 0 unspecified atom stereocenters. The highest BCUT2D eigenvalue weighted by atomic mass is 16.6. The van der Waals surface area contributed by atoms with Crippen molar-refractivity contribution in [3.05, 3.63) is 36.3 Å². The van der Waals surface area contributed by atoms with Gasteiger partial charge in [-0.25, -0.2) is 0 Å². The van der Waals surface area contributed by atoms with E-state index >= 15 is 0 Å². The van der Waals surface area contributed by atoms with Gasteiger partial charge in [0.2, 0.25) is 0 Å². The van der Waals surface area contributed by atoms with Crippen molar-refractivity contribution in [1.29, 1.82) is 0 Å².